The van der Waals surface area contributed by atoms with Crippen LogP contribution < -0.4 is 4.57 Å². The summed E-state index contributed by atoms with van der Waals surface area (Å²) < 4.78 is 45.4. The van der Waals surface area contributed by atoms with Gasteiger partial charge < -0.3 is 14.0 Å². The molecular weight excluding hydrogens is 603 g/mol. The quantitative estimate of drug-likeness (QED) is 0.0599. The molecule has 1 aliphatic rings. The summed E-state index contributed by atoms with van der Waals surface area (Å²) in [7, 11) is -4.27. The van der Waals surface area contributed by atoms with Crippen LogP contribution in [0.2, 0.25) is 0 Å². The molecule has 0 spiro atoms. The average Bonchev–Trinajstić information content (AvgIpc) is 3.71. The summed E-state index contributed by atoms with van der Waals surface area (Å²) in [6.45, 7) is 7.98. The molecular formula is C37H63NO5S2. The van der Waals surface area contributed by atoms with Crippen LogP contribution in [0.25, 0.3) is 0 Å². The van der Waals surface area contributed by atoms with E-state index in [9.17, 15) is 13.0 Å². The van der Waals surface area contributed by atoms with E-state index in [0.29, 0.717) is 6.10 Å². The van der Waals surface area contributed by atoms with Gasteiger partial charge in [-0.15, -0.1) is 0 Å². The molecule has 1 aromatic heterocycles. The van der Waals surface area contributed by atoms with Gasteiger partial charge in [-0.3, -0.25) is 0 Å². The highest BCUT2D eigenvalue weighted by Crippen LogP contribution is 2.25. The Hall–Kier alpha value is -1.32. The summed E-state index contributed by atoms with van der Waals surface area (Å²) in [4.78, 5) is -0.178. The van der Waals surface area contributed by atoms with E-state index >= 15 is 0 Å². The second-order valence-electron chi connectivity index (χ2n) is 13.0. The standard InChI is InChI=1S/C30H56NO2S.C7H8O3S/c1-2-3-4-5-6-7-8-9-10-11-14-17-20-29-25-30(33-26-29)27-32-23-19-16-13-12-15-18-21-31-22-24-34-28-31;1-6-2-4-7(5-3-6)11(8,9)10/h22,24,28-30H,2-21,23,25-27H2,1H3;2-5H,1H3,(H,8,9,10)/q+1;/p-1/t29-,30+;/m0./s1. The molecule has 3 rings (SSSR count). The third-order valence-corrected chi connectivity index (χ3v) is 10.2. The molecule has 0 saturated carbocycles. The molecule has 0 aliphatic carbocycles. The monoisotopic (exact) mass is 665 g/mol. The first-order valence-corrected chi connectivity index (χ1v) is 20.4. The number of hydrogen-bond donors (Lipinski definition) is 0. The molecule has 0 unspecified atom stereocenters. The van der Waals surface area contributed by atoms with Gasteiger partial charge >= 0.3 is 0 Å². The zero-order chi connectivity index (χ0) is 32.4. The lowest BCUT2D eigenvalue weighted by Gasteiger charge is -2.10. The molecule has 0 N–H and O–H groups in total. The van der Waals surface area contributed by atoms with Crippen molar-refractivity contribution < 1.29 is 27.0 Å². The van der Waals surface area contributed by atoms with Gasteiger partial charge in [0.15, 0.2) is 6.20 Å². The largest absolute Gasteiger partial charge is 0.744 e. The van der Waals surface area contributed by atoms with Crippen LogP contribution >= 0.6 is 11.3 Å². The smallest absolute Gasteiger partial charge is 0.224 e. The van der Waals surface area contributed by atoms with Gasteiger partial charge in [-0.2, -0.15) is 4.57 Å². The van der Waals surface area contributed by atoms with Crippen molar-refractivity contribution in [3.8, 4) is 0 Å². The van der Waals surface area contributed by atoms with E-state index in [1.165, 1.54) is 147 Å². The van der Waals surface area contributed by atoms with Gasteiger partial charge in [0.25, 0.3) is 0 Å². The van der Waals surface area contributed by atoms with Gasteiger partial charge in [-0.05, 0) is 50.7 Å². The molecule has 258 valence electrons. The van der Waals surface area contributed by atoms with E-state index in [1.54, 1.807) is 23.5 Å². The number of unbranched alkanes of at least 4 members (excludes halogenated alkanes) is 16. The number of ether oxygens (including phenoxy) is 2. The van der Waals surface area contributed by atoms with Crippen molar-refractivity contribution in [3.05, 3.63) is 46.9 Å². The predicted molar refractivity (Wildman–Crippen MR) is 186 cm³/mol. The van der Waals surface area contributed by atoms with Gasteiger partial charge in [0, 0.05) is 19.6 Å². The maximum Gasteiger partial charge on any atom is 0.224 e. The number of aryl methyl sites for hydroxylation is 2. The van der Waals surface area contributed by atoms with Crippen LogP contribution in [0.3, 0.4) is 0 Å². The Kier molecular flexibility index (Phi) is 22.8. The topological polar surface area (TPSA) is 79.5 Å². The van der Waals surface area contributed by atoms with Gasteiger partial charge in [0.1, 0.15) is 16.7 Å². The number of aromatic nitrogens is 1. The van der Waals surface area contributed by atoms with Gasteiger partial charge in [0.2, 0.25) is 5.51 Å². The lowest BCUT2D eigenvalue weighted by molar-refractivity contribution is -0.692. The van der Waals surface area contributed by atoms with E-state index < -0.39 is 10.1 Å². The van der Waals surface area contributed by atoms with E-state index in [-0.39, 0.29) is 4.90 Å². The van der Waals surface area contributed by atoms with Crippen molar-refractivity contribution in [2.45, 2.75) is 160 Å². The Morgan fingerprint density at radius 1 is 0.844 bits per heavy atom. The third kappa shape index (κ3) is 21.2. The lowest BCUT2D eigenvalue weighted by atomic mass is 9.97. The van der Waals surface area contributed by atoms with E-state index in [0.717, 1.165) is 31.3 Å². The Balaban J connectivity index is 0.000000537. The molecule has 1 saturated heterocycles. The Bertz CT molecular complexity index is 1040. The van der Waals surface area contributed by atoms with E-state index in [4.69, 9.17) is 9.47 Å². The van der Waals surface area contributed by atoms with Crippen LogP contribution in [0.4, 0.5) is 0 Å². The van der Waals surface area contributed by atoms with Crippen LogP contribution in [-0.2, 0) is 26.1 Å². The summed E-state index contributed by atoms with van der Waals surface area (Å²) in [6.07, 6.45) is 30.2. The normalized spacial score (nSPS) is 16.5. The predicted octanol–water partition coefficient (Wildman–Crippen LogP) is 9.79. The highest BCUT2D eigenvalue weighted by molar-refractivity contribution is 7.85. The van der Waals surface area contributed by atoms with Crippen LogP contribution in [0, 0.1) is 12.8 Å². The molecule has 1 aliphatic heterocycles. The molecule has 6 nitrogen and oxygen atoms in total. The summed E-state index contributed by atoms with van der Waals surface area (Å²) in [5.41, 5.74) is 3.13. The molecule has 0 bridgehead atoms. The van der Waals surface area contributed by atoms with E-state index in [1.807, 2.05) is 6.92 Å². The fraction of sp³-hybridized carbons (Fsp3) is 0.757. The molecule has 0 amide bonds. The Morgan fingerprint density at radius 2 is 1.42 bits per heavy atom. The number of rotatable bonds is 25. The highest BCUT2D eigenvalue weighted by Gasteiger charge is 2.25. The van der Waals surface area contributed by atoms with Crippen LogP contribution in [-0.4, -0.2) is 38.9 Å². The number of thiazole rings is 1. The minimum Gasteiger partial charge on any atom is -0.744 e. The SMILES string of the molecule is CCCCCCCCCCCCCC[C@@H]1CO[C@@H](COCCCCCCCC[n+]2ccsc2)C1.Cc1ccc(S(=O)(=O)[O-])cc1. The Labute approximate surface area is 280 Å². The number of hydrogen-bond acceptors (Lipinski definition) is 6. The first-order valence-electron chi connectivity index (χ1n) is 18.0. The van der Waals surface area contributed by atoms with Crippen molar-refractivity contribution in [2.75, 3.05) is 19.8 Å². The van der Waals surface area contributed by atoms with Crippen molar-refractivity contribution in [3.63, 3.8) is 0 Å². The molecule has 8 heteroatoms. The maximum atomic E-state index is 10.4. The summed E-state index contributed by atoms with van der Waals surface area (Å²) in [5.74, 6) is 0.781. The molecule has 2 atom stereocenters. The molecule has 1 fully saturated rings. The van der Waals surface area contributed by atoms with Crippen LogP contribution in [0.5, 0.6) is 0 Å². The van der Waals surface area contributed by atoms with Crippen LogP contribution in [0.15, 0.2) is 46.2 Å². The summed E-state index contributed by atoms with van der Waals surface area (Å²) in [6, 6.07) is 5.78. The molecule has 45 heavy (non-hydrogen) atoms. The molecule has 2 heterocycles. The van der Waals surface area contributed by atoms with Crippen molar-refractivity contribution in [1.82, 2.24) is 0 Å². The minimum absolute atomic E-state index is 0.178. The van der Waals surface area contributed by atoms with Crippen molar-refractivity contribution >= 4 is 21.5 Å². The first-order chi connectivity index (χ1) is 21.9. The third-order valence-electron chi connectivity index (χ3n) is 8.73. The molecule has 1 aromatic carbocycles. The zero-order valence-corrected chi connectivity index (χ0v) is 30.1. The van der Waals surface area contributed by atoms with Gasteiger partial charge in [-0.25, -0.2) is 8.42 Å². The first kappa shape index (κ1) is 39.9. The maximum absolute atomic E-state index is 10.4. The van der Waals surface area contributed by atoms with E-state index in [2.05, 4.69) is 28.6 Å². The zero-order valence-electron chi connectivity index (χ0n) is 28.5. The fourth-order valence-electron chi connectivity index (χ4n) is 5.89. The molecule has 2 aromatic rings. The number of nitrogens with zero attached hydrogens (tertiary/aromatic N) is 1. The second-order valence-corrected chi connectivity index (χ2v) is 15.1. The summed E-state index contributed by atoms with van der Waals surface area (Å²) >= 11 is 1.78. The van der Waals surface area contributed by atoms with Crippen molar-refractivity contribution in [2.24, 2.45) is 5.92 Å². The lowest BCUT2D eigenvalue weighted by Crippen LogP contribution is -2.29. The van der Waals surface area contributed by atoms with Gasteiger partial charge in [0.05, 0.1) is 23.0 Å². The number of benzene rings is 1. The minimum atomic E-state index is -4.27. The van der Waals surface area contributed by atoms with Crippen LogP contribution in [0.1, 0.15) is 141 Å². The average molecular weight is 666 g/mol. The second kappa shape index (κ2) is 25.7. The summed E-state index contributed by atoms with van der Waals surface area (Å²) in [5, 5.41) is 2.15. The fourth-order valence-corrected chi connectivity index (χ4v) is 6.98. The highest BCUT2D eigenvalue weighted by atomic mass is 32.2. The van der Waals surface area contributed by atoms with Gasteiger partial charge in [-0.1, -0.05) is 132 Å². The molecule has 0 radical (unpaired) electrons. The Morgan fingerprint density at radius 3 is 2.00 bits per heavy atom. The van der Waals surface area contributed by atoms with Crippen molar-refractivity contribution in [1.29, 1.82) is 0 Å².